The Hall–Kier alpha value is -4.56. The van der Waals surface area contributed by atoms with E-state index in [9.17, 15) is 9.59 Å². The van der Waals surface area contributed by atoms with E-state index < -0.39 is 11.3 Å². The number of carbonyl (C=O) groups excluding carboxylic acids is 2. The van der Waals surface area contributed by atoms with Crippen LogP contribution >= 0.6 is 0 Å². The largest absolute Gasteiger partial charge is 0.402 e. The molecule has 0 atom stereocenters. The van der Waals surface area contributed by atoms with Crippen LogP contribution in [0.4, 0.5) is 0 Å². The molecule has 1 aliphatic heterocycles. The molecule has 214 valence electrons. The minimum absolute atomic E-state index is 0.0210. The summed E-state index contributed by atoms with van der Waals surface area (Å²) in [7, 11) is 0. The van der Waals surface area contributed by atoms with Crippen LogP contribution < -0.4 is 5.73 Å². The Morgan fingerprint density at radius 3 is 2.49 bits per heavy atom. The Kier molecular flexibility index (Phi) is 9.47. The summed E-state index contributed by atoms with van der Waals surface area (Å²) >= 11 is 0. The molecule has 0 saturated carbocycles. The molecule has 2 aromatic carbocycles. The fourth-order valence-electron chi connectivity index (χ4n) is 4.40. The fraction of sp³-hybridized carbons (Fsp3) is 0.286. The van der Waals surface area contributed by atoms with Crippen LogP contribution in [0.15, 0.2) is 77.1 Å². The summed E-state index contributed by atoms with van der Waals surface area (Å²) in [6.45, 7) is 7.73. The third-order valence-electron chi connectivity index (χ3n) is 6.34. The number of hydrogen-bond donors (Lipinski definition) is 3. The van der Waals surface area contributed by atoms with E-state index in [4.69, 9.17) is 16.1 Å². The Morgan fingerprint density at radius 2 is 1.83 bits per heavy atom. The SMILES string of the molecule is C=C(C)N=C1/C(=C(/C)N)CCC(=O)N1Cc1ccc(-c2ccccc2-c2nnn(C(=O)CCCON(O)O)n2)cc1. The summed E-state index contributed by atoms with van der Waals surface area (Å²) in [5.74, 6) is 0.385. The van der Waals surface area contributed by atoms with Gasteiger partial charge in [0.25, 0.3) is 5.91 Å². The molecule has 4 N–H and O–H groups in total. The van der Waals surface area contributed by atoms with Gasteiger partial charge in [-0.05, 0) is 48.6 Å². The van der Waals surface area contributed by atoms with Crippen molar-refractivity contribution in [1.29, 1.82) is 0 Å². The van der Waals surface area contributed by atoms with Gasteiger partial charge in [0.05, 0.1) is 18.5 Å². The zero-order chi connectivity index (χ0) is 29.5. The normalized spacial score (nSPS) is 16.0. The Balaban J connectivity index is 1.53. The smallest absolute Gasteiger partial charge is 0.266 e. The molecule has 41 heavy (non-hydrogen) atoms. The van der Waals surface area contributed by atoms with Gasteiger partial charge >= 0.3 is 0 Å². The van der Waals surface area contributed by atoms with Crippen molar-refractivity contribution < 1.29 is 24.8 Å². The van der Waals surface area contributed by atoms with Crippen molar-refractivity contribution in [2.75, 3.05) is 6.61 Å². The van der Waals surface area contributed by atoms with Gasteiger partial charge in [0.15, 0.2) is 0 Å². The molecule has 0 unspecified atom stereocenters. The van der Waals surface area contributed by atoms with E-state index in [1.165, 1.54) is 0 Å². The first-order chi connectivity index (χ1) is 19.6. The van der Waals surface area contributed by atoms with Gasteiger partial charge in [-0.3, -0.25) is 29.7 Å². The molecule has 2 heterocycles. The maximum atomic E-state index is 12.9. The first-order valence-electron chi connectivity index (χ1n) is 13.0. The summed E-state index contributed by atoms with van der Waals surface area (Å²) in [5, 5.41) is 28.9. The van der Waals surface area contributed by atoms with Crippen molar-refractivity contribution in [1.82, 2.24) is 30.5 Å². The number of hydrogen-bond acceptors (Lipinski definition) is 11. The quantitative estimate of drug-likeness (QED) is 0.245. The molecule has 0 radical (unpaired) electrons. The second-order valence-corrected chi connectivity index (χ2v) is 9.54. The van der Waals surface area contributed by atoms with Gasteiger partial charge in [0.2, 0.25) is 11.7 Å². The molecule has 0 aliphatic carbocycles. The zero-order valence-electron chi connectivity index (χ0n) is 22.9. The Bertz CT molecular complexity index is 1490. The highest BCUT2D eigenvalue weighted by molar-refractivity contribution is 6.10. The lowest BCUT2D eigenvalue weighted by Crippen LogP contribution is -2.42. The lowest BCUT2D eigenvalue weighted by atomic mass is 9.97. The second kappa shape index (κ2) is 13.2. The number of rotatable bonds is 10. The van der Waals surface area contributed by atoms with Crippen LogP contribution in [0.25, 0.3) is 22.5 Å². The standard InChI is InChI=1S/C28H32N8O5/c1-18(2)30-28-22(19(3)29)14-15-25(37)34(28)17-20-10-12-21(13-11-20)23-7-4-5-8-24(23)27-31-33-35(32-27)26(38)9-6-16-41-36(39)40/h4-5,7-8,10-13,39-40H,1,6,9,14-17,29H2,2-3H3/b22-19-,30-28?. The summed E-state index contributed by atoms with van der Waals surface area (Å²) < 4.78 is 0. The molecule has 4 rings (SSSR count). The van der Waals surface area contributed by atoms with Crippen molar-refractivity contribution in [3.05, 3.63) is 77.6 Å². The van der Waals surface area contributed by atoms with E-state index >= 15 is 0 Å². The summed E-state index contributed by atoms with van der Waals surface area (Å²) in [5.41, 5.74) is 11.5. The second-order valence-electron chi connectivity index (χ2n) is 9.54. The van der Waals surface area contributed by atoms with Crippen LogP contribution in [0.1, 0.15) is 49.9 Å². The number of allylic oxidation sites excluding steroid dienone is 2. The molecule has 13 heteroatoms. The number of amidine groups is 1. The minimum Gasteiger partial charge on any atom is -0.402 e. The number of amides is 1. The maximum Gasteiger partial charge on any atom is 0.266 e. The molecule has 1 aliphatic rings. The number of likely N-dealkylation sites (tertiary alicyclic amines) is 1. The van der Waals surface area contributed by atoms with Gasteiger partial charge in [-0.1, -0.05) is 59.9 Å². The van der Waals surface area contributed by atoms with Crippen LogP contribution in [-0.4, -0.2) is 65.2 Å². The molecular weight excluding hydrogens is 528 g/mol. The highest BCUT2D eigenvalue weighted by Crippen LogP contribution is 2.31. The van der Waals surface area contributed by atoms with Crippen LogP contribution in [-0.2, 0) is 16.2 Å². The van der Waals surface area contributed by atoms with Crippen molar-refractivity contribution in [3.8, 4) is 22.5 Å². The first kappa shape index (κ1) is 29.4. The Labute approximate surface area is 236 Å². The number of nitrogens with two attached hydrogens (primary N) is 1. The van der Waals surface area contributed by atoms with Gasteiger partial charge < -0.3 is 5.73 Å². The van der Waals surface area contributed by atoms with E-state index in [0.717, 1.165) is 27.1 Å². The van der Waals surface area contributed by atoms with Gasteiger partial charge in [0.1, 0.15) is 5.84 Å². The van der Waals surface area contributed by atoms with E-state index in [0.29, 0.717) is 42.2 Å². The Morgan fingerprint density at radius 1 is 1.12 bits per heavy atom. The molecule has 1 aromatic heterocycles. The minimum atomic E-state index is -0.415. The average molecular weight is 561 g/mol. The highest BCUT2D eigenvalue weighted by atomic mass is 17.1. The van der Waals surface area contributed by atoms with Crippen molar-refractivity contribution in [2.45, 2.75) is 46.1 Å². The van der Waals surface area contributed by atoms with Gasteiger partial charge in [-0.15, -0.1) is 10.2 Å². The molecular formula is C28H32N8O5. The van der Waals surface area contributed by atoms with Crippen LogP contribution in [0.5, 0.6) is 0 Å². The predicted octanol–water partition coefficient (Wildman–Crippen LogP) is 3.73. The van der Waals surface area contributed by atoms with E-state index in [1.807, 2.05) is 55.5 Å². The highest BCUT2D eigenvalue weighted by Gasteiger charge is 2.29. The van der Waals surface area contributed by atoms with E-state index in [-0.39, 0.29) is 31.2 Å². The molecule has 1 fully saturated rings. The number of carbonyl (C=O) groups is 2. The monoisotopic (exact) mass is 560 g/mol. The molecule has 1 amide bonds. The lowest BCUT2D eigenvalue weighted by Gasteiger charge is -2.31. The number of aromatic nitrogens is 4. The fourth-order valence-corrected chi connectivity index (χ4v) is 4.40. The average Bonchev–Trinajstić information content (AvgIpc) is 3.43. The van der Waals surface area contributed by atoms with Crippen molar-refractivity contribution in [3.63, 3.8) is 0 Å². The van der Waals surface area contributed by atoms with Gasteiger partial charge in [-0.25, -0.2) is 4.99 Å². The van der Waals surface area contributed by atoms with Gasteiger partial charge in [0, 0.05) is 35.4 Å². The number of tetrazole rings is 1. The summed E-state index contributed by atoms with van der Waals surface area (Å²) in [4.78, 5) is 36.8. The van der Waals surface area contributed by atoms with E-state index in [2.05, 4.69) is 31.8 Å². The number of benzene rings is 2. The third-order valence-corrected chi connectivity index (χ3v) is 6.34. The van der Waals surface area contributed by atoms with Crippen LogP contribution in [0.2, 0.25) is 0 Å². The molecule has 0 bridgehead atoms. The van der Waals surface area contributed by atoms with Crippen LogP contribution in [0, 0.1) is 0 Å². The maximum absolute atomic E-state index is 12.9. The molecule has 3 aromatic rings. The zero-order valence-corrected chi connectivity index (χ0v) is 22.9. The van der Waals surface area contributed by atoms with Crippen molar-refractivity contribution >= 4 is 17.6 Å². The molecule has 1 saturated heterocycles. The topological polar surface area (TPSA) is 172 Å². The first-order valence-corrected chi connectivity index (χ1v) is 13.0. The van der Waals surface area contributed by atoms with Crippen molar-refractivity contribution in [2.24, 2.45) is 10.7 Å². The summed E-state index contributed by atoms with van der Waals surface area (Å²) in [6.07, 6.45) is 1.15. The number of piperidine rings is 1. The molecule has 0 spiro atoms. The predicted molar refractivity (Wildman–Crippen MR) is 149 cm³/mol. The van der Waals surface area contributed by atoms with Crippen LogP contribution in [0.3, 0.4) is 0 Å². The van der Waals surface area contributed by atoms with Gasteiger partial charge in [-0.2, -0.15) is 0 Å². The third kappa shape index (κ3) is 7.35. The number of nitrogens with zero attached hydrogens (tertiary/aromatic N) is 7. The molecule has 13 nitrogen and oxygen atoms in total. The summed E-state index contributed by atoms with van der Waals surface area (Å²) in [6, 6.07) is 15.3. The van der Waals surface area contributed by atoms with E-state index in [1.54, 1.807) is 11.8 Å². The lowest BCUT2D eigenvalue weighted by molar-refractivity contribution is -0.492. The number of aliphatic imine (C=N–C) groups is 1.